The molecule has 0 saturated heterocycles. The predicted molar refractivity (Wildman–Crippen MR) is 104 cm³/mol. The number of phenolic OH excluding ortho intramolecular Hbond substituents is 1. The first-order valence-corrected chi connectivity index (χ1v) is 11.0. The van der Waals surface area contributed by atoms with Gasteiger partial charge in [-0.3, -0.25) is 0 Å². The van der Waals surface area contributed by atoms with Crippen molar-refractivity contribution in [2.45, 2.75) is 71.1 Å². The van der Waals surface area contributed by atoms with E-state index in [1.807, 2.05) is 0 Å². The molecule has 1 aromatic rings. The molecular weight excluding hydrogens is 336 g/mol. The van der Waals surface area contributed by atoms with E-state index >= 15 is 0 Å². The van der Waals surface area contributed by atoms with Crippen LogP contribution in [0.3, 0.4) is 0 Å². The van der Waals surface area contributed by atoms with Gasteiger partial charge in [0.25, 0.3) is 0 Å². The van der Waals surface area contributed by atoms with E-state index in [2.05, 4.69) is 16.9 Å². The lowest BCUT2D eigenvalue weighted by atomic mass is 10.1. The Hall–Kier alpha value is -1.56. The maximum Gasteiger partial charge on any atom is 0.247 e. The first-order valence-electron chi connectivity index (χ1n) is 9.35. The second-order valence-electron chi connectivity index (χ2n) is 6.44. The Morgan fingerprint density at radius 1 is 0.920 bits per heavy atom. The van der Waals surface area contributed by atoms with Gasteiger partial charge in [-0.15, -0.1) is 0 Å². The van der Waals surface area contributed by atoms with Gasteiger partial charge in [0.05, 0.1) is 12.0 Å². The number of aromatic hydroxyl groups is 1. The van der Waals surface area contributed by atoms with Crippen molar-refractivity contribution in [1.82, 2.24) is 4.83 Å². The average Bonchev–Trinajstić information content (AvgIpc) is 2.58. The highest BCUT2D eigenvalue weighted by atomic mass is 32.2. The van der Waals surface area contributed by atoms with Crippen LogP contribution < -0.4 is 4.83 Å². The van der Waals surface area contributed by atoms with Gasteiger partial charge in [-0.2, -0.15) is 5.10 Å². The minimum absolute atomic E-state index is 0.108. The summed E-state index contributed by atoms with van der Waals surface area (Å²) in [6.07, 6.45) is 13.2. The van der Waals surface area contributed by atoms with Crippen LogP contribution in [0.4, 0.5) is 0 Å². The molecule has 0 spiro atoms. The van der Waals surface area contributed by atoms with Crippen LogP contribution in [-0.2, 0) is 10.0 Å². The van der Waals surface area contributed by atoms with Crippen LogP contribution in [0.1, 0.15) is 76.7 Å². The van der Waals surface area contributed by atoms with Crippen LogP contribution in [0.25, 0.3) is 0 Å². The molecule has 0 aliphatic rings. The highest BCUT2D eigenvalue weighted by molar-refractivity contribution is 7.89. The summed E-state index contributed by atoms with van der Waals surface area (Å²) < 4.78 is 23.7. The van der Waals surface area contributed by atoms with E-state index < -0.39 is 10.0 Å². The van der Waals surface area contributed by atoms with Crippen LogP contribution >= 0.6 is 0 Å². The fraction of sp³-hybridized carbons (Fsp3) is 0.632. The molecule has 5 nitrogen and oxygen atoms in total. The molecule has 0 aliphatic carbocycles. The van der Waals surface area contributed by atoms with Gasteiger partial charge in [0, 0.05) is 0 Å². The molecule has 1 aromatic carbocycles. The zero-order valence-corrected chi connectivity index (χ0v) is 16.1. The van der Waals surface area contributed by atoms with E-state index in [0.717, 1.165) is 18.4 Å². The molecular formula is C19H32N2O3S. The monoisotopic (exact) mass is 368 g/mol. The zero-order valence-electron chi connectivity index (χ0n) is 15.3. The standard InChI is InChI=1S/C19H32N2O3S/c1-2-3-4-5-6-7-8-9-10-11-16-25(23,24)21-20-17-18-12-14-19(22)15-13-18/h12-15,17,21-22H,2-11,16H2,1H3. The minimum atomic E-state index is -3.36. The molecule has 0 aromatic heterocycles. The second kappa shape index (κ2) is 12.8. The molecule has 0 bridgehead atoms. The van der Waals surface area contributed by atoms with Crippen molar-refractivity contribution in [3.05, 3.63) is 29.8 Å². The highest BCUT2D eigenvalue weighted by Crippen LogP contribution is 2.11. The SMILES string of the molecule is CCCCCCCCCCCCS(=O)(=O)NN=Cc1ccc(O)cc1. The zero-order chi connectivity index (χ0) is 18.4. The summed E-state index contributed by atoms with van der Waals surface area (Å²) in [5.74, 6) is 0.273. The van der Waals surface area contributed by atoms with E-state index in [-0.39, 0.29) is 11.5 Å². The fourth-order valence-corrected chi connectivity index (χ4v) is 3.46. The Morgan fingerprint density at radius 3 is 2.00 bits per heavy atom. The molecule has 0 heterocycles. The van der Waals surface area contributed by atoms with Crippen LogP contribution in [0.2, 0.25) is 0 Å². The van der Waals surface area contributed by atoms with Gasteiger partial charge in [-0.25, -0.2) is 13.2 Å². The van der Waals surface area contributed by atoms with Gasteiger partial charge < -0.3 is 5.11 Å². The van der Waals surface area contributed by atoms with Crippen molar-refractivity contribution in [3.63, 3.8) is 0 Å². The highest BCUT2D eigenvalue weighted by Gasteiger charge is 2.07. The number of unbranched alkanes of at least 4 members (excludes halogenated alkanes) is 9. The molecule has 0 saturated carbocycles. The first kappa shape index (κ1) is 21.5. The number of hydrogen-bond acceptors (Lipinski definition) is 4. The van der Waals surface area contributed by atoms with Gasteiger partial charge in [0.2, 0.25) is 10.0 Å². The third-order valence-electron chi connectivity index (χ3n) is 4.07. The smallest absolute Gasteiger partial charge is 0.247 e. The lowest BCUT2D eigenvalue weighted by Gasteiger charge is -2.04. The molecule has 0 unspecified atom stereocenters. The van der Waals surface area contributed by atoms with Gasteiger partial charge in [-0.1, -0.05) is 64.7 Å². The van der Waals surface area contributed by atoms with Crippen LogP contribution in [0.5, 0.6) is 5.75 Å². The van der Waals surface area contributed by atoms with E-state index in [1.54, 1.807) is 12.1 Å². The fourth-order valence-electron chi connectivity index (χ4n) is 2.57. The molecule has 0 aliphatic heterocycles. The molecule has 0 amide bonds. The van der Waals surface area contributed by atoms with Crippen LogP contribution in [0, 0.1) is 0 Å². The Morgan fingerprint density at radius 2 is 1.44 bits per heavy atom. The van der Waals surface area contributed by atoms with Gasteiger partial charge in [-0.05, 0) is 36.2 Å². The number of hydrazone groups is 1. The van der Waals surface area contributed by atoms with Gasteiger partial charge in [0.15, 0.2) is 0 Å². The first-order chi connectivity index (χ1) is 12.0. The number of sulfonamides is 1. The Bertz CT molecular complexity index is 583. The number of phenols is 1. The van der Waals surface area contributed by atoms with E-state index in [9.17, 15) is 13.5 Å². The molecule has 1 rings (SSSR count). The summed E-state index contributed by atoms with van der Waals surface area (Å²) in [5.41, 5.74) is 0.722. The van der Waals surface area contributed by atoms with E-state index in [0.29, 0.717) is 6.42 Å². The molecule has 25 heavy (non-hydrogen) atoms. The average molecular weight is 369 g/mol. The quantitative estimate of drug-likeness (QED) is 0.287. The van der Waals surface area contributed by atoms with Crippen molar-refractivity contribution < 1.29 is 13.5 Å². The third kappa shape index (κ3) is 11.6. The summed E-state index contributed by atoms with van der Waals surface area (Å²) in [6, 6.07) is 6.38. The molecule has 142 valence electrons. The Labute approximate surface area is 152 Å². The van der Waals surface area contributed by atoms with E-state index in [1.165, 1.54) is 63.3 Å². The summed E-state index contributed by atoms with van der Waals surface area (Å²) in [6.45, 7) is 2.22. The Balaban J connectivity index is 2.08. The van der Waals surface area contributed by atoms with Gasteiger partial charge >= 0.3 is 0 Å². The lowest BCUT2D eigenvalue weighted by Crippen LogP contribution is -2.21. The van der Waals surface area contributed by atoms with E-state index in [4.69, 9.17) is 0 Å². The molecule has 0 fully saturated rings. The van der Waals surface area contributed by atoms with Crippen LogP contribution in [-0.4, -0.2) is 25.5 Å². The number of nitrogens with one attached hydrogen (secondary N) is 1. The van der Waals surface area contributed by atoms with Crippen molar-refractivity contribution in [2.75, 3.05) is 5.75 Å². The molecule has 6 heteroatoms. The third-order valence-corrected chi connectivity index (χ3v) is 5.27. The predicted octanol–water partition coefficient (Wildman–Crippen LogP) is 4.57. The lowest BCUT2D eigenvalue weighted by molar-refractivity contribution is 0.475. The maximum absolute atomic E-state index is 11.8. The van der Waals surface area contributed by atoms with Gasteiger partial charge in [0.1, 0.15) is 5.75 Å². The number of benzene rings is 1. The summed E-state index contributed by atoms with van der Waals surface area (Å²) in [7, 11) is -3.36. The second-order valence-corrected chi connectivity index (χ2v) is 8.26. The summed E-state index contributed by atoms with van der Waals surface area (Å²) in [4.78, 5) is 2.23. The summed E-state index contributed by atoms with van der Waals surface area (Å²) in [5, 5.41) is 12.9. The van der Waals surface area contributed by atoms with Crippen molar-refractivity contribution in [2.24, 2.45) is 5.10 Å². The topological polar surface area (TPSA) is 78.8 Å². The maximum atomic E-state index is 11.8. The molecule has 0 radical (unpaired) electrons. The van der Waals surface area contributed by atoms with Crippen LogP contribution in [0.15, 0.2) is 29.4 Å². The number of nitrogens with zero attached hydrogens (tertiary/aromatic N) is 1. The van der Waals surface area contributed by atoms with Crippen molar-refractivity contribution in [3.8, 4) is 5.75 Å². The molecule has 2 N–H and O–H groups in total. The van der Waals surface area contributed by atoms with Crippen molar-refractivity contribution in [1.29, 1.82) is 0 Å². The Kier molecular flexibility index (Phi) is 11.0. The van der Waals surface area contributed by atoms with Crippen molar-refractivity contribution >= 4 is 16.2 Å². The number of hydrogen-bond donors (Lipinski definition) is 2. The normalized spacial score (nSPS) is 11.9. The number of rotatable bonds is 14. The minimum Gasteiger partial charge on any atom is -0.508 e. The molecule has 0 atom stereocenters. The summed E-state index contributed by atoms with van der Waals surface area (Å²) >= 11 is 0. The largest absolute Gasteiger partial charge is 0.508 e.